The van der Waals surface area contributed by atoms with Gasteiger partial charge in [-0.2, -0.15) is 0 Å². The Morgan fingerprint density at radius 3 is 1.65 bits per heavy atom. The molecule has 0 N–H and O–H groups in total. The molecule has 0 saturated carbocycles. The van der Waals surface area contributed by atoms with Crippen LogP contribution in [-0.2, 0) is 0 Å². The number of nitrogens with zero attached hydrogens (tertiary/aromatic N) is 3. The minimum absolute atomic E-state index is 0.788. The van der Waals surface area contributed by atoms with Gasteiger partial charge in [0.15, 0.2) is 5.58 Å². The van der Waals surface area contributed by atoms with E-state index in [1.165, 1.54) is 5.56 Å². The molecule has 4 heterocycles. The van der Waals surface area contributed by atoms with E-state index < -0.39 is 0 Å². The molecule has 0 aliphatic rings. The third-order valence-corrected chi connectivity index (χ3v) is 10.8. The smallest absolute Gasteiger partial charge is 0.161 e. The second-order valence-corrected chi connectivity index (χ2v) is 14.2. The van der Waals surface area contributed by atoms with Crippen molar-refractivity contribution in [3.8, 4) is 44.6 Å². The van der Waals surface area contributed by atoms with Crippen LogP contribution in [0.5, 0.6) is 0 Å². The molecule has 5 nitrogen and oxygen atoms in total. The monoisotopic (exact) mass is 731 g/mol. The third kappa shape index (κ3) is 5.64. The first-order valence-corrected chi connectivity index (χ1v) is 19.0. The number of furan rings is 2. The fourth-order valence-electron chi connectivity index (χ4n) is 8.08. The molecule has 4 aromatic heterocycles. The SMILES string of the molecule is c1ccc(-c2ccc(N(c3ccc(-c4cncc5c4oc4ccccc45)cc3)c3ccc(-c4nccc5c4oc4ccccc45)cc3)c(-c3ccccc3)c2)cc1. The highest BCUT2D eigenvalue weighted by molar-refractivity contribution is 6.10. The molecule has 0 aliphatic carbocycles. The summed E-state index contributed by atoms with van der Waals surface area (Å²) in [6, 6.07) is 63.5. The van der Waals surface area contributed by atoms with Gasteiger partial charge in [-0.05, 0) is 76.9 Å². The van der Waals surface area contributed by atoms with Gasteiger partial charge in [-0.15, -0.1) is 0 Å². The maximum atomic E-state index is 6.40. The van der Waals surface area contributed by atoms with Crippen LogP contribution in [0.15, 0.2) is 209 Å². The number of fused-ring (bicyclic) bond motifs is 6. The molecule has 7 aromatic carbocycles. The number of benzene rings is 7. The summed E-state index contributed by atoms with van der Waals surface area (Å²) in [5.41, 5.74) is 14.8. The fraction of sp³-hybridized carbons (Fsp3) is 0. The van der Waals surface area contributed by atoms with Crippen LogP contribution in [0.2, 0.25) is 0 Å². The van der Waals surface area contributed by atoms with Crippen LogP contribution in [0, 0.1) is 0 Å². The van der Waals surface area contributed by atoms with E-state index in [0.717, 1.165) is 100 Å². The highest BCUT2D eigenvalue weighted by Gasteiger charge is 2.21. The van der Waals surface area contributed by atoms with Crippen LogP contribution >= 0.6 is 0 Å². The van der Waals surface area contributed by atoms with Crippen molar-refractivity contribution in [2.45, 2.75) is 0 Å². The molecule has 0 amide bonds. The molecule has 0 atom stereocenters. The van der Waals surface area contributed by atoms with Gasteiger partial charge < -0.3 is 13.7 Å². The van der Waals surface area contributed by atoms with Crippen molar-refractivity contribution in [2.75, 3.05) is 4.90 Å². The molecule has 0 radical (unpaired) electrons. The normalized spacial score (nSPS) is 11.5. The molecule has 11 aromatic rings. The zero-order valence-corrected chi connectivity index (χ0v) is 30.7. The largest absolute Gasteiger partial charge is 0.455 e. The Morgan fingerprint density at radius 2 is 0.947 bits per heavy atom. The van der Waals surface area contributed by atoms with Gasteiger partial charge in [-0.1, -0.05) is 127 Å². The van der Waals surface area contributed by atoms with Crippen molar-refractivity contribution in [3.63, 3.8) is 0 Å². The number of hydrogen-bond donors (Lipinski definition) is 0. The Balaban J connectivity index is 1.07. The molecular weight excluding hydrogens is 699 g/mol. The molecule has 0 saturated heterocycles. The van der Waals surface area contributed by atoms with Crippen molar-refractivity contribution in [1.82, 2.24) is 9.97 Å². The van der Waals surface area contributed by atoms with Gasteiger partial charge in [-0.25, -0.2) is 0 Å². The highest BCUT2D eigenvalue weighted by atomic mass is 16.3. The standard InChI is InChI=1S/C52H33N3O2/c1-3-11-34(12-4-1)38-23-28-47(44(31-38)35-13-5-2-6-14-35)55(39-24-19-36(20-25-39)45-32-53-33-46-42-16-8-10-18-49(42)56-51(45)46)40-26-21-37(22-27-40)50-52-43(29-30-54-50)41-15-7-9-17-48(41)57-52/h1-33H. The topological polar surface area (TPSA) is 55.3 Å². The molecular formula is C52H33N3O2. The van der Waals surface area contributed by atoms with Gasteiger partial charge in [0.25, 0.3) is 0 Å². The van der Waals surface area contributed by atoms with Crippen molar-refractivity contribution >= 4 is 60.9 Å². The van der Waals surface area contributed by atoms with E-state index >= 15 is 0 Å². The van der Waals surface area contributed by atoms with E-state index in [0.29, 0.717) is 0 Å². The van der Waals surface area contributed by atoms with Crippen LogP contribution in [-0.4, -0.2) is 9.97 Å². The maximum absolute atomic E-state index is 6.40. The summed E-state index contributed by atoms with van der Waals surface area (Å²) in [5.74, 6) is 0. The van der Waals surface area contributed by atoms with Crippen LogP contribution in [0.4, 0.5) is 17.1 Å². The van der Waals surface area contributed by atoms with E-state index in [1.807, 2.05) is 61.1 Å². The molecule has 0 spiro atoms. The maximum Gasteiger partial charge on any atom is 0.161 e. The lowest BCUT2D eigenvalue weighted by Crippen LogP contribution is -2.11. The summed E-state index contributed by atoms with van der Waals surface area (Å²) >= 11 is 0. The minimum Gasteiger partial charge on any atom is -0.455 e. The lowest BCUT2D eigenvalue weighted by molar-refractivity contribution is 0.668. The lowest BCUT2D eigenvalue weighted by atomic mass is 9.96. The van der Waals surface area contributed by atoms with Gasteiger partial charge in [-0.3, -0.25) is 9.97 Å². The fourth-order valence-corrected chi connectivity index (χ4v) is 8.08. The van der Waals surface area contributed by atoms with Gasteiger partial charge in [0.1, 0.15) is 22.4 Å². The molecule has 0 fully saturated rings. The summed E-state index contributed by atoms with van der Waals surface area (Å²) in [5, 5.41) is 4.21. The number of para-hydroxylation sites is 2. The Labute approximate surface area is 328 Å². The minimum atomic E-state index is 0.788. The van der Waals surface area contributed by atoms with Crippen LogP contribution < -0.4 is 4.90 Å². The van der Waals surface area contributed by atoms with E-state index in [-0.39, 0.29) is 0 Å². The first-order chi connectivity index (χ1) is 28.3. The second kappa shape index (κ2) is 13.5. The molecule has 11 rings (SSSR count). The van der Waals surface area contributed by atoms with E-state index in [9.17, 15) is 0 Å². The average molecular weight is 732 g/mol. The molecule has 0 aliphatic heterocycles. The summed E-state index contributed by atoms with van der Waals surface area (Å²) in [6.07, 6.45) is 5.64. The van der Waals surface area contributed by atoms with Crippen LogP contribution in [0.25, 0.3) is 88.5 Å². The van der Waals surface area contributed by atoms with Crippen LogP contribution in [0.1, 0.15) is 0 Å². The Bertz CT molecular complexity index is 3070. The zero-order valence-electron chi connectivity index (χ0n) is 30.7. The van der Waals surface area contributed by atoms with Crippen molar-refractivity contribution in [3.05, 3.63) is 201 Å². The van der Waals surface area contributed by atoms with Crippen molar-refractivity contribution < 1.29 is 8.83 Å². The third-order valence-electron chi connectivity index (χ3n) is 10.8. The lowest BCUT2D eigenvalue weighted by Gasteiger charge is -2.29. The van der Waals surface area contributed by atoms with Gasteiger partial charge in [0.2, 0.25) is 0 Å². The summed E-state index contributed by atoms with van der Waals surface area (Å²) in [4.78, 5) is 11.8. The quantitative estimate of drug-likeness (QED) is 0.163. The number of pyridine rings is 2. The van der Waals surface area contributed by atoms with Crippen LogP contribution in [0.3, 0.4) is 0 Å². The number of hydrogen-bond acceptors (Lipinski definition) is 5. The van der Waals surface area contributed by atoms with Gasteiger partial charge >= 0.3 is 0 Å². The van der Waals surface area contributed by atoms with Gasteiger partial charge in [0, 0.05) is 68.2 Å². The molecule has 5 heteroatoms. The predicted octanol–water partition coefficient (Wildman–Crippen LogP) is 14.4. The first kappa shape index (κ1) is 32.7. The zero-order chi connectivity index (χ0) is 37.7. The first-order valence-electron chi connectivity index (χ1n) is 19.0. The number of rotatable bonds is 7. The summed E-state index contributed by atoms with van der Waals surface area (Å²) in [7, 11) is 0. The Morgan fingerprint density at radius 1 is 0.386 bits per heavy atom. The Hall–Kier alpha value is -7.76. The highest BCUT2D eigenvalue weighted by Crippen LogP contribution is 2.44. The summed E-state index contributed by atoms with van der Waals surface area (Å²) in [6.45, 7) is 0. The van der Waals surface area contributed by atoms with E-state index in [4.69, 9.17) is 13.8 Å². The van der Waals surface area contributed by atoms with Crippen molar-refractivity contribution in [1.29, 1.82) is 0 Å². The molecule has 57 heavy (non-hydrogen) atoms. The van der Waals surface area contributed by atoms with Gasteiger partial charge in [0.05, 0.1) is 5.69 Å². The number of anilines is 3. The molecule has 0 bridgehead atoms. The average Bonchev–Trinajstić information content (AvgIpc) is 3.87. The second-order valence-electron chi connectivity index (χ2n) is 14.2. The molecule has 268 valence electrons. The van der Waals surface area contributed by atoms with E-state index in [2.05, 4.69) is 149 Å². The predicted molar refractivity (Wildman–Crippen MR) is 233 cm³/mol. The van der Waals surface area contributed by atoms with E-state index in [1.54, 1.807) is 0 Å². The number of aromatic nitrogens is 2. The molecule has 0 unspecified atom stereocenters. The summed E-state index contributed by atoms with van der Waals surface area (Å²) < 4.78 is 12.8. The van der Waals surface area contributed by atoms with Crippen molar-refractivity contribution in [2.24, 2.45) is 0 Å². The Kier molecular flexibility index (Phi) is 7.74.